The number of phenolic OH excluding ortho intramolecular Hbond substituents is 1. The summed E-state index contributed by atoms with van der Waals surface area (Å²) in [7, 11) is 0. The van der Waals surface area contributed by atoms with Gasteiger partial charge in [0, 0.05) is 0 Å². The summed E-state index contributed by atoms with van der Waals surface area (Å²) in [6.07, 6.45) is 0.656. The van der Waals surface area contributed by atoms with Crippen LogP contribution in [0.5, 0.6) is 5.75 Å². The van der Waals surface area contributed by atoms with E-state index < -0.39 is 5.82 Å². The summed E-state index contributed by atoms with van der Waals surface area (Å²) in [6.45, 7) is 1.87. The largest absolute Gasteiger partial charge is 0.505 e. The van der Waals surface area contributed by atoms with Gasteiger partial charge in [-0.25, -0.2) is 4.39 Å². The molecule has 0 bridgehead atoms. The molecule has 1 rings (SSSR count). The molecule has 10 heavy (non-hydrogen) atoms. The minimum absolute atomic E-state index is 0.218. The van der Waals surface area contributed by atoms with Crippen LogP contribution in [0.4, 0.5) is 4.39 Å². The first-order valence-corrected chi connectivity index (χ1v) is 3.22. The van der Waals surface area contributed by atoms with Crippen LogP contribution < -0.4 is 0 Å². The number of hydrogen-bond donors (Lipinski definition) is 1. The Morgan fingerprint density at radius 3 is 2.70 bits per heavy atom. The van der Waals surface area contributed by atoms with Crippen molar-refractivity contribution in [1.29, 1.82) is 0 Å². The number of halogens is 1. The first-order valence-electron chi connectivity index (χ1n) is 3.22. The van der Waals surface area contributed by atoms with Crippen molar-refractivity contribution >= 4 is 0 Å². The second-order valence-corrected chi connectivity index (χ2v) is 2.10. The van der Waals surface area contributed by atoms with E-state index in [9.17, 15) is 4.39 Å². The van der Waals surface area contributed by atoms with E-state index in [1.807, 2.05) is 6.92 Å². The summed E-state index contributed by atoms with van der Waals surface area (Å²) >= 11 is 0. The van der Waals surface area contributed by atoms with Crippen LogP contribution in [0.1, 0.15) is 12.5 Å². The van der Waals surface area contributed by atoms with Crippen molar-refractivity contribution in [2.75, 3.05) is 0 Å². The molecule has 1 nitrogen and oxygen atoms in total. The Balaban J connectivity index is 3.14. The minimum atomic E-state index is -0.542. The third kappa shape index (κ3) is 1.10. The van der Waals surface area contributed by atoms with Crippen molar-refractivity contribution in [1.82, 2.24) is 0 Å². The van der Waals surface area contributed by atoms with E-state index in [1.54, 1.807) is 12.1 Å². The van der Waals surface area contributed by atoms with Crippen LogP contribution in [0.15, 0.2) is 18.2 Å². The molecule has 0 unspecified atom stereocenters. The monoisotopic (exact) mass is 140 g/mol. The van der Waals surface area contributed by atoms with Crippen molar-refractivity contribution in [2.24, 2.45) is 0 Å². The van der Waals surface area contributed by atoms with E-state index in [1.165, 1.54) is 6.07 Å². The molecule has 0 radical (unpaired) electrons. The van der Waals surface area contributed by atoms with E-state index in [4.69, 9.17) is 5.11 Å². The number of rotatable bonds is 1. The molecule has 2 heteroatoms. The van der Waals surface area contributed by atoms with E-state index >= 15 is 0 Å². The van der Waals surface area contributed by atoms with Crippen LogP contribution in [0.3, 0.4) is 0 Å². The van der Waals surface area contributed by atoms with Crippen LogP contribution in [-0.2, 0) is 6.42 Å². The summed E-state index contributed by atoms with van der Waals surface area (Å²) in [5, 5.41) is 9.02. The molecular weight excluding hydrogens is 131 g/mol. The lowest BCUT2D eigenvalue weighted by Crippen LogP contribution is -1.83. The molecule has 0 aliphatic rings. The fourth-order valence-electron chi connectivity index (χ4n) is 0.845. The van der Waals surface area contributed by atoms with E-state index in [2.05, 4.69) is 0 Å². The second kappa shape index (κ2) is 2.69. The highest BCUT2D eigenvalue weighted by Crippen LogP contribution is 2.20. The lowest BCUT2D eigenvalue weighted by molar-refractivity contribution is 0.426. The average Bonchev–Trinajstić information content (AvgIpc) is 1.95. The Morgan fingerprint density at radius 2 is 2.20 bits per heavy atom. The van der Waals surface area contributed by atoms with Gasteiger partial charge in [-0.3, -0.25) is 0 Å². The van der Waals surface area contributed by atoms with Crippen LogP contribution in [-0.4, -0.2) is 5.11 Å². The smallest absolute Gasteiger partial charge is 0.165 e. The number of hydrogen-bond acceptors (Lipinski definition) is 1. The highest BCUT2D eigenvalue weighted by atomic mass is 19.1. The molecule has 0 spiro atoms. The molecule has 0 aliphatic heterocycles. The maximum Gasteiger partial charge on any atom is 0.165 e. The fraction of sp³-hybridized carbons (Fsp3) is 0.250. The van der Waals surface area contributed by atoms with Crippen molar-refractivity contribution in [3.63, 3.8) is 0 Å². The topological polar surface area (TPSA) is 20.2 Å². The Bertz CT molecular complexity index is 233. The number of benzene rings is 1. The summed E-state index contributed by atoms with van der Waals surface area (Å²) in [4.78, 5) is 0. The lowest BCUT2D eigenvalue weighted by atomic mass is 10.1. The van der Waals surface area contributed by atoms with Gasteiger partial charge < -0.3 is 5.11 Å². The van der Waals surface area contributed by atoms with Gasteiger partial charge in [-0.05, 0) is 18.1 Å². The van der Waals surface area contributed by atoms with Gasteiger partial charge in [-0.1, -0.05) is 19.1 Å². The normalized spacial score (nSPS) is 9.80. The van der Waals surface area contributed by atoms with Gasteiger partial charge in [0.05, 0.1) is 0 Å². The van der Waals surface area contributed by atoms with Crippen molar-refractivity contribution in [2.45, 2.75) is 13.3 Å². The molecule has 0 aromatic heterocycles. The Morgan fingerprint density at radius 1 is 1.50 bits per heavy atom. The summed E-state index contributed by atoms with van der Waals surface area (Å²) in [6, 6.07) is 4.54. The summed E-state index contributed by atoms with van der Waals surface area (Å²) in [5.74, 6) is -0.760. The van der Waals surface area contributed by atoms with Crippen molar-refractivity contribution in [3.05, 3.63) is 29.6 Å². The molecule has 0 saturated carbocycles. The van der Waals surface area contributed by atoms with Gasteiger partial charge in [0.25, 0.3) is 0 Å². The molecule has 0 atom stereocenters. The molecule has 0 saturated heterocycles. The highest BCUT2D eigenvalue weighted by molar-refractivity contribution is 5.33. The zero-order valence-electron chi connectivity index (χ0n) is 5.76. The molecule has 1 N–H and O–H groups in total. The first-order chi connectivity index (χ1) is 4.75. The molecule has 1 aromatic carbocycles. The zero-order valence-corrected chi connectivity index (χ0v) is 5.76. The summed E-state index contributed by atoms with van der Waals surface area (Å²) < 4.78 is 12.5. The van der Waals surface area contributed by atoms with Gasteiger partial charge in [0.2, 0.25) is 0 Å². The predicted octanol–water partition coefficient (Wildman–Crippen LogP) is 2.09. The quantitative estimate of drug-likeness (QED) is 0.633. The van der Waals surface area contributed by atoms with Crippen molar-refractivity contribution in [3.8, 4) is 5.75 Å². The number of aryl methyl sites for hydroxylation is 1. The van der Waals surface area contributed by atoms with Gasteiger partial charge in [-0.15, -0.1) is 0 Å². The Hall–Kier alpha value is -1.05. The Labute approximate surface area is 59.1 Å². The first kappa shape index (κ1) is 7.06. The zero-order chi connectivity index (χ0) is 7.56. The minimum Gasteiger partial charge on any atom is -0.505 e. The maximum atomic E-state index is 12.5. The molecule has 0 heterocycles. The van der Waals surface area contributed by atoms with Gasteiger partial charge in [0.1, 0.15) is 0 Å². The molecule has 0 aliphatic carbocycles. The standard InChI is InChI=1S/C8H9FO/c1-2-6-4-3-5-7(9)8(6)10/h3-5,10H,2H2,1H3. The van der Waals surface area contributed by atoms with Crippen molar-refractivity contribution < 1.29 is 9.50 Å². The molecule has 54 valence electrons. The SMILES string of the molecule is CCc1cccc(F)c1O. The number of aromatic hydroxyl groups is 1. The molecule has 1 aromatic rings. The number of para-hydroxylation sites is 1. The predicted molar refractivity (Wildman–Crippen MR) is 37.4 cm³/mol. The second-order valence-electron chi connectivity index (χ2n) is 2.10. The van der Waals surface area contributed by atoms with E-state index in [0.29, 0.717) is 12.0 Å². The maximum absolute atomic E-state index is 12.5. The van der Waals surface area contributed by atoms with E-state index in [0.717, 1.165) is 0 Å². The third-order valence-electron chi connectivity index (χ3n) is 1.45. The van der Waals surface area contributed by atoms with Crippen LogP contribution >= 0.6 is 0 Å². The average molecular weight is 140 g/mol. The number of phenols is 1. The van der Waals surface area contributed by atoms with Crippen LogP contribution in [0, 0.1) is 5.82 Å². The third-order valence-corrected chi connectivity index (χ3v) is 1.45. The van der Waals surface area contributed by atoms with E-state index in [-0.39, 0.29) is 5.75 Å². The Kier molecular flexibility index (Phi) is 1.90. The van der Waals surface area contributed by atoms with Crippen LogP contribution in [0.25, 0.3) is 0 Å². The van der Waals surface area contributed by atoms with Gasteiger partial charge >= 0.3 is 0 Å². The molecule has 0 fully saturated rings. The molecule has 0 amide bonds. The summed E-state index contributed by atoms with van der Waals surface area (Å²) in [5.41, 5.74) is 0.653. The highest BCUT2D eigenvalue weighted by Gasteiger charge is 2.02. The van der Waals surface area contributed by atoms with Gasteiger partial charge in [-0.2, -0.15) is 0 Å². The lowest BCUT2D eigenvalue weighted by Gasteiger charge is -1.99. The van der Waals surface area contributed by atoms with Crippen LogP contribution in [0.2, 0.25) is 0 Å². The fourth-order valence-corrected chi connectivity index (χ4v) is 0.845. The molecular formula is C8H9FO. The van der Waals surface area contributed by atoms with Gasteiger partial charge in [0.15, 0.2) is 11.6 Å².